The van der Waals surface area contributed by atoms with Crippen molar-refractivity contribution in [1.29, 1.82) is 0 Å². The van der Waals surface area contributed by atoms with Gasteiger partial charge in [0.2, 0.25) is 5.91 Å². The van der Waals surface area contributed by atoms with E-state index in [1.165, 1.54) is 0 Å². The van der Waals surface area contributed by atoms with Crippen LogP contribution in [0.2, 0.25) is 10.0 Å². The molecule has 6 N–H and O–H groups in total. The lowest BCUT2D eigenvalue weighted by atomic mass is 9.81. The second-order valence-electron chi connectivity index (χ2n) is 8.84. The Morgan fingerprint density at radius 1 is 1.06 bits per heavy atom. The number of carboxylic acids is 1. The van der Waals surface area contributed by atoms with Crippen LogP contribution in [-0.4, -0.2) is 40.6 Å². The van der Waals surface area contributed by atoms with Crippen molar-refractivity contribution in [3.05, 3.63) is 63.6 Å². The fourth-order valence-electron chi connectivity index (χ4n) is 4.45. The number of thiocarbonyl (C=S) groups is 1. The van der Waals surface area contributed by atoms with Crippen molar-refractivity contribution in [3.63, 3.8) is 0 Å². The number of carbonyl (C=O) groups is 3. The smallest absolute Gasteiger partial charge is 0.326 e. The first-order chi connectivity index (χ1) is 17.1. The summed E-state index contributed by atoms with van der Waals surface area (Å²) in [5, 5.41) is 18.7. The number of carboxylic acid groups (broad SMARTS) is 1. The summed E-state index contributed by atoms with van der Waals surface area (Å²) in [6, 6.07) is 10.4. The normalized spacial score (nSPS) is 15.1. The number of nitrogens with one attached hydrogen (secondary N) is 3. The maximum absolute atomic E-state index is 13.2. The molecule has 0 unspecified atom stereocenters. The number of nitrogens with two attached hydrogens (primary N) is 1. The van der Waals surface area contributed by atoms with Crippen molar-refractivity contribution in [3.8, 4) is 0 Å². The van der Waals surface area contributed by atoms with Gasteiger partial charge in [0.05, 0.1) is 21.0 Å². The highest BCUT2D eigenvalue weighted by molar-refractivity contribution is 7.80. The van der Waals surface area contributed by atoms with Crippen LogP contribution in [0.3, 0.4) is 0 Å². The van der Waals surface area contributed by atoms with Gasteiger partial charge in [0.25, 0.3) is 5.91 Å². The molecule has 2 aromatic carbocycles. The van der Waals surface area contributed by atoms with Crippen molar-refractivity contribution in [2.24, 2.45) is 11.1 Å². The van der Waals surface area contributed by atoms with E-state index in [2.05, 4.69) is 16.0 Å². The van der Waals surface area contributed by atoms with Crippen molar-refractivity contribution >= 4 is 64.0 Å². The van der Waals surface area contributed by atoms with Gasteiger partial charge in [0.1, 0.15) is 6.04 Å². The van der Waals surface area contributed by atoms with Crippen LogP contribution in [-0.2, 0) is 16.0 Å². The van der Waals surface area contributed by atoms with Gasteiger partial charge >= 0.3 is 5.97 Å². The van der Waals surface area contributed by atoms with Crippen molar-refractivity contribution in [2.45, 2.75) is 44.6 Å². The van der Waals surface area contributed by atoms with Gasteiger partial charge in [-0.05, 0) is 61.3 Å². The van der Waals surface area contributed by atoms with E-state index in [-0.39, 0.29) is 33.0 Å². The summed E-state index contributed by atoms with van der Waals surface area (Å²) >= 11 is 17.0. The lowest BCUT2D eigenvalue weighted by Crippen LogP contribution is -2.49. The number of rotatable bonds is 10. The third-order valence-corrected chi connectivity index (χ3v) is 7.16. The van der Waals surface area contributed by atoms with Gasteiger partial charge in [-0.3, -0.25) is 9.59 Å². The molecule has 11 heteroatoms. The highest BCUT2D eigenvalue weighted by atomic mass is 35.5. The largest absolute Gasteiger partial charge is 0.480 e. The van der Waals surface area contributed by atoms with Crippen LogP contribution in [0.1, 0.15) is 48.0 Å². The van der Waals surface area contributed by atoms with Gasteiger partial charge in [-0.2, -0.15) is 0 Å². The number of amides is 2. The lowest BCUT2D eigenvalue weighted by Gasteiger charge is -2.29. The summed E-state index contributed by atoms with van der Waals surface area (Å²) in [4.78, 5) is 37.7. The molecule has 2 aromatic rings. The molecule has 1 aliphatic rings. The van der Waals surface area contributed by atoms with Gasteiger partial charge in [-0.15, -0.1) is 0 Å². The molecule has 3 rings (SSSR count). The molecule has 8 nitrogen and oxygen atoms in total. The number of halogens is 2. The molecule has 1 atom stereocenters. The maximum atomic E-state index is 13.2. The Balaban J connectivity index is 1.64. The summed E-state index contributed by atoms with van der Waals surface area (Å²) < 4.78 is 0. The molecule has 2 amide bonds. The molecular weight excluding hydrogens is 523 g/mol. The molecule has 0 spiro atoms. The van der Waals surface area contributed by atoms with Crippen LogP contribution >= 0.6 is 35.4 Å². The predicted octanol–water partition coefficient (Wildman–Crippen LogP) is 4.14. The second kappa shape index (κ2) is 12.4. The van der Waals surface area contributed by atoms with Gasteiger partial charge in [0.15, 0.2) is 5.11 Å². The fourth-order valence-corrected chi connectivity index (χ4v) is 5.12. The highest BCUT2D eigenvalue weighted by Crippen LogP contribution is 2.41. The molecule has 1 aliphatic carbocycles. The summed E-state index contributed by atoms with van der Waals surface area (Å²) in [7, 11) is 0. The Kier molecular flexibility index (Phi) is 9.53. The minimum Gasteiger partial charge on any atom is -0.480 e. The van der Waals surface area contributed by atoms with Crippen LogP contribution in [0, 0.1) is 5.41 Å². The van der Waals surface area contributed by atoms with E-state index in [0.717, 1.165) is 12.8 Å². The number of hydrogen-bond acceptors (Lipinski definition) is 4. The summed E-state index contributed by atoms with van der Waals surface area (Å²) in [5.41, 5.74) is 6.20. The van der Waals surface area contributed by atoms with Crippen LogP contribution in [0.5, 0.6) is 0 Å². The third-order valence-electron chi connectivity index (χ3n) is 6.39. The summed E-state index contributed by atoms with van der Waals surface area (Å²) in [6.45, 7) is 0.451. The van der Waals surface area contributed by atoms with E-state index in [1.54, 1.807) is 42.5 Å². The molecule has 36 heavy (non-hydrogen) atoms. The predicted molar refractivity (Wildman–Crippen MR) is 144 cm³/mol. The SMILES string of the molecule is NC(=S)NCCC1(C(=O)N[C@@H](Cc2ccc(NC(=O)c3c(Cl)cccc3Cl)cc2)C(=O)O)CCCC1. The molecule has 0 aliphatic heterocycles. The molecule has 1 fully saturated rings. The Labute approximate surface area is 224 Å². The van der Waals surface area contributed by atoms with E-state index < -0.39 is 23.3 Å². The standard InChI is InChI=1S/C25H28Cl2N4O4S/c26-17-4-3-5-18(27)20(17)21(32)30-16-8-6-15(7-9-16)14-19(22(33)34)31-23(35)25(10-1-2-11-25)12-13-29-24(28)36/h3-9,19H,1-2,10-14H2,(H,30,32)(H,31,35)(H,33,34)(H3,28,29,36)/t19-/m0/s1. The first-order valence-corrected chi connectivity index (χ1v) is 12.7. The van der Waals surface area contributed by atoms with E-state index in [1.807, 2.05) is 0 Å². The Morgan fingerprint density at radius 3 is 2.22 bits per heavy atom. The Hall–Kier alpha value is -2.88. The van der Waals surface area contributed by atoms with Crippen LogP contribution in [0.4, 0.5) is 5.69 Å². The molecule has 0 aromatic heterocycles. The monoisotopic (exact) mass is 550 g/mol. The van der Waals surface area contributed by atoms with E-state index in [9.17, 15) is 19.5 Å². The Morgan fingerprint density at radius 2 is 1.67 bits per heavy atom. The average Bonchev–Trinajstić information content (AvgIpc) is 3.29. The zero-order valence-corrected chi connectivity index (χ0v) is 21.8. The van der Waals surface area contributed by atoms with Gasteiger partial charge < -0.3 is 26.8 Å². The average molecular weight is 551 g/mol. The lowest BCUT2D eigenvalue weighted by molar-refractivity contribution is -0.144. The quantitative estimate of drug-likeness (QED) is 0.280. The maximum Gasteiger partial charge on any atom is 0.326 e. The molecular formula is C25H28Cl2N4O4S. The van der Waals surface area contributed by atoms with Crippen LogP contribution in [0.25, 0.3) is 0 Å². The minimum absolute atomic E-state index is 0.0901. The topological polar surface area (TPSA) is 134 Å². The minimum atomic E-state index is -1.12. The molecule has 0 bridgehead atoms. The number of benzene rings is 2. The van der Waals surface area contributed by atoms with Gasteiger partial charge in [0, 0.05) is 18.7 Å². The zero-order valence-electron chi connectivity index (χ0n) is 19.5. The van der Waals surface area contributed by atoms with Crippen molar-refractivity contribution < 1.29 is 19.5 Å². The highest BCUT2D eigenvalue weighted by Gasteiger charge is 2.42. The first-order valence-electron chi connectivity index (χ1n) is 11.5. The van der Waals surface area contributed by atoms with E-state index in [0.29, 0.717) is 37.1 Å². The van der Waals surface area contributed by atoms with E-state index in [4.69, 9.17) is 41.2 Å². The molecule has 0 radical (unpaired) electrons. The Bertz CT molecular complexity index is 1120. The van der Waals surface area contributed by atoms with Crippen LogP contribution in [0.15, 0.2) is 42.5 Å². The summed E-state index contributed by atoms with van der Waals surface area (Å²) in [6.07, 6.45) is 3.80. The fraction of sp³-hybridized carbons (Fsp3) is 0.360. The molecule has 0 heterocycles. The first kappa shape index (κ1) is 27.7. The third kappa shape index (κ3) is 7.09. The number of anilines is 1. The molecule has 0 saturated heterocycles. The summed E-state index contributed by atoms with van der Waals surface area (Å²) in [5.74, 6) is -1.85. The van der Waals surface area contributed by atoms with Crippen molar-refractivity contribution in [2.75, 3.05) is 11.9 Å². The van der Waals surface area contributed by atoms with Gasteiger partial charge in [-0.1, -0.05) is 54.2 Å². The number of hydrogen-bond donors (Lipinski definition) is 5. The van der Waals surface area contributed by atoms with Crippen LogP contribution < -0.4 is 21.7 Å². The van der Waals surface area contributed by atoms with Gasteiger partial charge in [-0.25, -0.2) is 4.79 Å². The van der Waals surface area contributed by atoms with Crippen molar-refractivity contribution in [1.82, 2.24) is 10.6 Å². The zero-order chi connectivity index (χ0) is 26.3. The second-order valence-corrected chi connectivity index (χ2v) is 10.1. The number of aliphatic carboxylic acids is 1. The molecule has 192 valence electrons. The molecule has 1 saturated carbocycles. The number of carbonyl (C=O) groups excluding carboxylic acids is 2. The van der Waals surface area contributed by atoms with E-state index >= 15 is 0 Å².